The van der Waals surface area contributed by atoms with E-state index in [9.17, 15) is 10.1 Å². The van der Waals surface area contributed by atoms with Crippen LogP contribution in [0.15, 0.2) is 42.6 Å². The molecule has 1 atom stereocenters. The van der Waals surface area contributed by atoms with E-state index in [1.807, 2.05) is 31.2 Å². The van der Waals surface area contributed by atoms with Gasteiger partial charge in [-0.15, -0.1) is 0 Å². The molecule has 2 rings (SSSR count). The molecule has 1 unspecified atom stereocenters. The second kappa shape index (κ2) is 5.67. The molecular formula is C13H12ClN3O2. The summed E-state index contributed by atoms with van der Waals surface area (Å²) in [6, 6.07) is 10.5. The number of rotatable bonds is 4. The van der Waals surface area contributed by atoms with Gasteiger partial charge in [0.2, 0.25) is 0 Å². The molecule has 0 aliphatic heterocycles. The van der Waals surface area contributed by atoms with Crippen LogP contribution in [0.2, 0.25) is 5.02 Å². The summed E-state index contributed by atoms with van der Waals surface area (Å²) in [6.45, 7) is 1.96. The average molecular weight is 278 g/mol. The van der Waals surface area contributed by atoms with Crippen LogP contribution in [0, 0.1) is 10.1 Å². The van der Waals surface area contributed by atoms with E-state index >= 15 is 0 Å². The summed E-state index contributed by atoms with van der Waals surface area (Å²) in [5, 5.41) is 14.4. The van der Waals surface area contributed by atoms with E-state index in [4.69, 9.17) is 11.6 Å². The highest BCUT2D eigenvalue weighted by Gasteiger charge is 2.11. The molecule has 0 amide bonds. The van der Waals surface area contributed by atoms with Gasteiger partial charge >= 0.3 is 5.82 Å². The summed E-state index contributed by atoms with van der Waals surface area (Å²) < 4.78 is 0. The molecule has 1 heterocycles. The van der Waals surface area contributed by atoms with Crippen molar-refractivity contribution in [1.82, 2.24) is 4.98 Å². The van der Waals surface area contributed by atoms with Crippen molar-refractivity contribution in [1.29, 1.82) is 0 Å². The van der Waals surface area contributed by atoms with Gasteiger partial charge in [-0.2, -0.15) is 0 Å². The molecule has 6 heteroatoms. The molecular weight excluding hydrogens is 266 g/mol. The van der Waals surface area contributed by atoms with E-state index in [-0.39, 0.29) is 11.9 Å². The van der Waals surface area contributed by atoms with Crippen LogP contribution in [0.1, 0.15) is 18.5 Å². The molecule has 0 spiro atoms. The number of aromatic nitrogens is 1. The standard InChI is InChI=1S/C13H12ClN3O2/c1-9(11-4-2-3-5-12(11)14)16-10-6-7-13(15-8-10)17(18)19/h2-9,16H,1H3. The van der Waals surface area contributed by atoms with Crippen molar-refractivity contribution in [2.75, 3.05) is 5.32 Å². The lowest BCUT2D eigenvalue weighted by molar-refractivity contribution is -0.389. The normalized spacial score (nSPS) is 11.9. The Kier molecular flexibility index (Phi) is 3.97. The number of halogens is 1. The van der Waals surface area contributed by atoms with E-state index in [0.717, 1.165) is 5.56 Å². The predicted octanol–water partition coefficient (Wildman–Crippen LogP) is 3.82. The van der Waals surface area contributed by atoms with Gasteiger partial charge in [0.05, 0.1) is 11.7 Å². The number of benzene rings is 1. The first-order chi connectivity index (χ1) is 9.08. The van der Waals surface area contributed by atoms with Crippen molar-refractivity contribution in [2.45, 2.75) is 13.0 Å². The van der Waals surface area contributed by atoms with Gasteiger partial charge in [-0.3, -0.25) is 0 Å². The first-order valence-electron chi connectivity index (χ1n) is 5.69. The molecule has 1 aromatic carbocycles. The fraction of sp³-hybridized carbons (Fsp3) is 0.154. The van der Waals surface area contributed by atoms with Crippen molar-refractivity contribution >= 4 is 23.1 Å². The molecule has 0 saturated carbocycles. The van der Waals surface area contributed by atoms with Crippen LogP contribution in [0.5, 0.6) is 0 Å². The van der Waals surface area contributed by atoms with Crippen molar-refractivity contribution in [3.8, 4) is 0 Å². The third-order valence-electron chi connectivity index (χ3n) is 2.69. The molecule has 0 aliphatic carbocycles. The monoisotopic (exact) mass is 277 g/mol. The number of nitrogens with one attached hydrogen (secondary N) is 1. The first kappa shape index (κ1) is 13.3. The smallest absolute Gasteiger partial charge is 0.363 e. The maximum atomic E-state index is 10.5. The fourth-order valence-electron chi connectivity index (χ4n) is 1.73. The maximum Gasteiger partial charge on any atom is 0.363 e. The van der Waals surface area contributed by atoms with Crippen molar-refractivity contribution in [3.05, 3.63) is 63.3 Å². The quantitative estimate of drug-likeness (QED) is 0.681. The Morgan fingerprint density at radius 1 is 1.32 bits per heavy atom. The average Bonchev–Trinajstić information content (AvgIpc) is 2.39. The van der Waals surface area contributed by atoms with E-state index in [1.165, 1.54) is 12.3 Å². The minimum atomic E-state index is -0.527. The predicted molar refractivity (Wildman–Crippen MR) is 74.4 cm³/mol. The zero-order valence-electron chi connectivity index (χ0n) is 10.2. The third-order valence-corrected chi connectivity index (χ3v) is 3.03. The van der Waals surface area contributed by atoms with Crippen LogP contribution in [-0.2, 0) is 0 Å². The van der Waals surface area contributed by atoms with Crippen LogP contribution in [0.4, 0.5) is 11.5 Å². The highest BCUT2D eigenvalue weighted by molar-refractivity contribution is 6.31. The van der Waals surface area contributed by atoms with Gasteiger partial charge in [-0.05, 0) is 34.5 Å². The highest BCUT2D eigenvalue weighted by atomic mass is 35.5. The molecule has 0 aliphatic rings. The van der Waals surface area contributed by atoms with Gasteiger partial charge < -0.3 is 15.4 Å². The molecule has 2 aromatic rings. The van der Waals surface area contributed by atoms with Crippen molar-refractivity contribution in [2.24, 2.45) is 0 Å². The Hall–Kier alpha value is -2.14. The van der Waals surface area contributed by atoms with E-state index in [2.05, 4.69) is 10.3 Å². The van der Waals surface area contributed by atoms with Crippen LogP contribution in [0.25, 0.3) is 0 Å². The SMILES string of the molecule is CC(Nc1ccc([N+](=O)[O-])nc1)c1ccccc1Cl. The van der Waals surface area contributed by atoms with Crippen molar-refractivity contribution in [3.63, 3.8) is 0 Å². The van der Waals surface area contributed by atoms with Crippen LogP contribution >= 0.6 is 11.6 Å². The summed E-state index contributed by atoms with van der Waals surface area (Å²) in [4.78, 5) is 13.7. The second-order valence-electron chi connectivity index (χ2n) is 4.05. The topological polar surface area (TPSA) is 68.1 Å². The lowest BCUT2D eigenvalue weighted by atomic mass is 10.1. The van der Waals surface area contributed by atoms with E-state index < -0.39 is 4.92 Å². The molecule has 1 N–H and O–H groups in total. The Morgan fingerprint density at radius 2 is 2.05 bits per heavy atom. The highest BCUT2D eigenvalue weighted by Crippen LogP contribution is 2.25. The first-order valence-corrected chi connectivity index (χ1v) is 6.07. The lowest BCUT2D eigenvalue weighted by Gasteiger charge is -2.15. The fourth-order valence-corrected chi connectivity index (χ4v) is 2.03. The molecule has 98 valence electrons. The zero-order chi connectivity index (χ0) is 13.8. The molecule has 19 heavy (non-hydrogen) atoms. The zero-order valence-corrected chi connectivity index (χ0v) is 11.0. The number of hydrogen-bond donors (Lipinski definition) is 1. The molecule has 0 saturated heterocycles. The summed E-state index contributed by atoms with van der Waals surface area (Å²) in [5.41, 5.74) is 1.67. The summed E-state index contributed by atoms with van der Waals surface area (Å²) in [7, 11) is 0. The summed E-state index contributed by atoms with van der Waals surface area (Å²) in [5.74, 6) is -0.170. The number of anilines is 1. The third kappa shape index (κ3) is 3.20. The Balaban J connectivity index is 2.13. The van der Waals surface area contributed by atoms with Gasteiger partial charge in [0.25, 0.3) is 0 Å². The van der Waals surface area contributed by atoms with E-state index in [1.54, 1.807) is 6.07 Å². The van der Waals surface area contributed by atoms with Crippen LogP contribution < -0.4 is 5.32 Å². The number of pyridine rings is 1. The minimum Gasteiger partial charge on any atom is -0.375 e. The molecule has 1 aromatic heterocycles. The van der Waals surface area contributed by atoms with Crippen LogP contribution in [-0.4, -0.2) is 9.91 Å². The Labute approximate surface area is 115 Å². The van der Waals surface area contributed by atoms with Crippen molar-refractivity contribution < 1.29 is 4.92 Å². The van der Waals surface area contributed by atoms with Gasteiger partial charge in [0.15, 0.2) is 6.20 Å². The summed E-state index contributed by atoms with van der Waals surface area (Å²) >= 11 is 6.11. The van der Waals surface area contributed by atoms with Gasteiger partial charge in [0, 0.05) is 11.1 Å². The van der Waals surface area contributed by atoms with Gasteiger partial charge in [0.1, 0.15) is 0 Å². The lowest BCUT2D eigenvalue weighted by Crippen LogP contribution is -2.07. The molecule has 0 fully saturated rings. The second-order valence-corrected chi connectivity index (χ2v) is 4.46. The van der Waals surface area contributed by atoms with Gasteiger partial charge in [-0.1, -0.05) is 29.8 Å². The Bertz CT molecular complexity index is 587. The maximum absolute atomic E-state index is 10.5. The largest absolute Gasteiger partial charge is 0.375 e. The minimum absolute atomic E-state index is 0.0167. The summed E-state index contributed by atoms with van der Waals surface area (Å²) in [6.07, 6.45) is 1.44. The molecule has 0 radical (unpaired) electrons. The number of hydrogen-bond acceptors (Lipinski definition) is 4. The molecule has 0 bridgehead atoms. The number of nitro groups is 1. The van der Waals surface area contributed by atoms with Crippen LogP contribution in [0.3, 0.4) is 0 Å². The van der Waals surface area contributed by atoms with E-state index in [0.29, 0.717) is 10.7 Å². The number of nitrogens with zero attached hydrogens (tertiary/aromatic N) is 2. The Morgan fingerprint density at radius 3 is 2.63 bits per heavy atom. The molecule has 5 nitrogen and oxygen atoms in total. The van der Waals surface area contributed by atoms with Gasteiger partial charge in [-0.25, -0.2) is 0 Å².